The van der Waals surface area contributed by atoms with Gasteiger partial charge in [-0.05, 0) is 30.7 Å². The van der Waals surface area contributed by atoms with Crippen molar-refractivity contribution in [3.63, 3.8) is 0 Å². The maximum atomic E-state index is 11.8. The maximum absolute atomic E-state index is 11.8. The molecule has 0 fully saturated rings. The van der Waals surface area contributed by atoms with E-state index < -0.39 is 0 Å². The summed E-state index contributed by atoms with van der Waals surface area (Å²) >= 11 is 0. The maximum Gasteiger partial charge on any atom is 0.373 e. The first-order chi connectivity index (χ1) is 11.7. The Morgan fingerprint density at radius 1 is 1.00 bits per heavy atom. The molecule has 1 atom stereocenters. The van der Waals surface area contributed by atoms with Gasteiger partial charge in [0, 0.05) is 6.42 Å². The Labute approximate surface area is 145 Å². The second-order valence-corrected chi connectivity index (χ2v) is 5.80. The van der Waals surface area contributed by atoms with Gasteiger partial charge in [-0.3, -0.25) is 4.79 Å². The summed E-state index contributed by atoms with van der Waals surface area (Å²) in [5, 5.41) is 0. The Morgan fingerprint density at radius 3 is 2.21 bits per heavy atom. The Morgan fingerprint density at radius 2 is 1.62 bits per heavy atom. The van der Waals surface area contributed by atoms with Crippen LogP contribution in [0.25, 0.3) is 0 Å². The molecule has 0 saturated carbocycles. The Bertz CT molecular complexity index is 450. The predicted molar refractivity (Wildman–Crippen MR) is 93.4 cm³/mol. The van der Waals surface area contributed by atoms with E-state index in [1.807, 2.05) is 6.07 Å². The molecule has 0 aliphatic rings. The van der Waals surface area contributed by atoms with Crippen molar-refractivity contribution in [1.29, 1.82) is 0 Å². The fourth-order valence-corrected chi connectivity index (χ4v) is 2.54. The summed E-state index contributed by atoms with van der Waals surface area (Å²) in [6.07, 6.45) is 8.63. The minimum atomic E-state index is -0.0418. The normalized spacial score (nSPS) is 10.9. The molecule has 0 N–H and O–H groups in total. The lowest BCUT2D eigenvalue weighted by molar-refractivity contribution is -0.191. The minimum absolute atomic E-state index is 0.0418. The molecule has 0 spiro atoms. The van der Waals surface area contributed by atoms with Gasteiger partial charge in [0.2, 0.25) is 0 Å². The topological polar surface area (TPSA) is 60.4 Å². The molecule has 0 bridgehead atoms. The molecule has 0 radical (unpaired) electrons. The van der Waals surface area contributed by atoms with Crippen molar-refractivity contribution in [3.05, 3.63) is 35.9 Å². The molecule has 1 aromatic carbocycles. The smallest absolute Gasteiger partial charge is 0.373 e. The highest BCUT2D eigenvalue weighted by atomic mass is 16.5. The third kappa shape index (κ3) is 11.6. The van der Waals surface area contributed by atoms with Gasteiger partial charge in [-0.2, -0.15) is 9.59 Å². The number of benzene rings is 1. The second kappa shape index (κ2) is 15.9. The zero-order valence-electron chi connectivity index (χ0n) is 15.0. The molecule has 134 valence electrons. The number of ether oxygens (including phenoxy) is 1. The summed E-state index contributed by atoms with van der Waals surface area (Å²) in [7, 11) is 0. The molecule has 0 aliphatic carbocycles. The van der Waals surface area contributed by atoms with Crippen LogP contribution in [0.5, 0.6) is 0 Å². The van der Waals surface area contributed by atoms with Gasteiger partial charge in [0.1, 0.15) is 0 Å². The van der Waals surface area contributed by atoms with Gasteiger partial charge < -0.3 is 4.74 Å². The van der Waals surface area contributed by atoms with E-state index in [1.54, 1.807) is 0 Å². The molecule has 0 amide bonds. The van der Waals surface area contributed by atoms with Crippen molar-refractivity contribution < 1.29 is 19.1 Å². The van der Waals surface area contributed by atoms with E-state index in [-0.39, 0.29) is 12.1 Å². The molecule has 4 heteroatoms. The highest BCUT2D eigenvalue weighted by molar-refractivity contribution is 5.69. The van der Waals surface area contributed by atoms with Gasteiger partial charge >= 0.3 is 12.1 Å². The van der Waals surface area contributed by atoms with Gasteiger partial charge in [0.25, 0.3) is 0 Å². The molecule has 0 aromatic heterocycles. The molecule has 0 heterocycles. The Hall–Kier alpha value is -1.93. The monoisotopic (exact) mass is 334 g/mol. The standard InChI is InChI=1S/C19H30O2.CO2/c1-3-5-8-11-18(17-12-9-7-10-13-17)14-15-19(20)21-16-6-4-2;2-1-3/h7,9-10,12-13,18H,3-6,8,11,14-16H2,1-2H3;. The number of unbranched alkanes of at least 4 members (excludes halogenated alkanes) is 3. The molecule has 1 unspecified atom stereocenters. The number of hydrogen-bond acceptors (Lipinski definition) is 4. The molecule has 1 rings (SSSR count). The predicted octanol–water partition coefficient (Wildman–Crippen LogP) is 4.89. The highest BCUT2D eigenvalue weighted by Crippen LogP contribution is 2.27. The molecule has 4 nitrogen and oxygen atoms in total. The van der Waals surface area contributed by atoms with Gasteiger partial charge in [-0.1, -0.05) is 69.9 Å². The fourth-order valence-electron chi connectivity index (χ4n) is 2.54. The number of rotatable bonds is 11. The van der Waals surface area contributed by atoms with E-state index in [1.165, 1.54) is 31.2 Å². The first-order valence-corrected chi connectivity index (χ1v) is 8.89. The zero-order valence-corrected chi connectivity index (χ0v) is 15.0. The van der Waals surface area contributed by atoms with Crippen LogP contribution in [0.3, 0.4) is 0 Å². The zero-order chi connectivity index (χ0) is 18.0. The van der Waals surface area contributed by atoms with Gasteiger partial charge in [0.15, 0.2) is 0 Å². The van der Waals surface area contributed by atoms with Crippen molar-refractivity contribution in [2.24, 2.45) is 0 Å². The first-order valence-electron chi connectivity index (χ1n) is 8.89. The molecular formula is C20H30O4. The van der Waals surface area contributed by atoms with Crippen molar-refractivity contribution in [3.8, 4) is 0 Å². The lowest BCUT2D eigenvalue weighted by atomic mass is 9.89. The summed E-state index contributed by atoms with van der Waals surface area (Å²) in [5.41, 5.74) is 1.36. The van der Waals surface area contributed by atoms with E-state index in [4.69, 9.17) is 14.3 Å². The van der Waals surface area contributed by atoms with Crippen molar-refractivity contribution in [1.82, 2.24) is 0 Å². The molecule has 1 aromatic rings. The lowest BCUT2D eigenvalue weighted by Gasteiger charge is -2.17. The van der Waals surface area contributed by atoms with Gasteiger partial charge in [-0.25, -0.2) is 0 Å². The summed E-state index contributed by atoms with van der Waals surface area (Å²) in [6, 6.07) is 10.6. The van der Waals surface area contributed by atoms with E-state index in [0.29, 0.717) is 18.9 Å². The highest BCUT2D eigenvalue weighted by Gasteiger charge is 2.13. The lowest BCUT2D eigenvalue weighted by Crippen LogP contribution is -2.08. The Kier molecular flexibility index (Phi) is 14.7. The molecule has 0 aliphatic heterocycles. The summed E-state index contributed by atoms with van der Waals surface area (Å²) in [5.74, 6) is 0.441. The molecular weight excluding hydrogens is 304 g/mol. The van der Waals surface area contributed by atoms with E-state index in [0.717, 1.165) is 19.3 Å². The van der Waals surface area contributed by atoms with Crippen molar-refractivity contribution in [2.45, 2.75) is 71.1 Å². The summed E-state index contributed by atoms with van der Waals surface area (Å²) in [6.45, 7) is 4.90. The first kappa shape index (κ1) is 22.1. The van der Waals surface area contributed by atoms with Crippen LogP contribution >= 0.6 is 0 Å². The van der Waals surface area contributed by atoms with Crippen LogP contribution in [0, 0.1) is 0 Å². The number of esters is 1. The van der Waals surface area contributed by atoms with Crippen LogP contribution in [0.1, 0.15) is 76.7 Å². The molecule has 0 saturated heterocycles. The molecule has 24 heavy (non-hydrogen) atoms. The summed E-state index contributed by atoms with van der Waals surface area (Å²) in [4.78, 5) is 28.0. The van der Waals surface area contributed by atoms with Crippen LogP contribution in [0.15, 0.2) is 30.3 Å². The Balaban J connectivity index is 0.00000163. The van der Waals surface area contributed by atoms with Crippen LogP contribution in [-0.2, 0) is 19.1 Å². The largest absolute Gasteiger partial charge is 0.466 e. The van der Waals surface area contributed by atoms with E-state index in [9.17, 15) is 4.79 Å². The quantitative estimate of drug-likeness (QED) is 0.427. The van der Waals surface area contributed by atoms with E-state index in [2.05, 4.69) is 38.1 Å². The SMILES string of the molecule is CCCCCC(CCC(=O)OCCCC)c1ccccc1.O=C=O. The average Bonchev–Trinajstić information content (AvgIpc) is 2.59. The van der Waals surface area contributed by atoms with Crippen LogP contribution in [0.4, 0.5) is 0 Å². The van der Waals surface area contributed by atoms with Crippen molar-refractivity contribution in [2.75, 3.05) is 6.61 Å². The van der Waals surface area contributed by atoms with Crippen molar-refractivity contribution >= 4 is 12.1 Å². The third-order valence-corrected chi connectivity index (χ3v) is 3.88. The van der Waals surface area contributed by atoms with Crippen LogP contribution in [0.2, 0.25) is 0 Å². The second-order valence-electron chi connectivity index (χ2n) is 5.80. The summed E-state index contributed by atoms with van der Waals surface area (Å²) < 4.78 is 5.26. The third-order valence-electron chi connectivity index (χ3n) is 3.88. The van der Waals surface area contributed by atoms with Crippen LogP contribution in [-0.4, -0.2) is 18.7 Å². The van der Waals surface area contributed by atoms with E-state index >= 15 is 0 Å². The van der Waals surface area contributed by atoms with Crippen LogP contribution < -0.4 is 0 Å². The van der Waals surface area contributed by atoms with Gasteiger partial charge in [-0.15, -0.1) is 0 Å². The van der Waals surface area contributed by atoms with Gasteiger partial charge in [0.05, 0.1) is 6.61 Å². The fraction of sp³-hybridized carbons (Fsp3) is 0.600. The number of hydrogen-bond donors (Lipinski definition) is 0. The average molecular weight is 334 g/mol. The number of carbonyl (C=O) groups excluding carboxylic acids is 3. The number of carbonyl (C=O) groups is 1. The minimum Gasteiger partial charge on any atom is -0.466 e.